The smallest absolute Gasteiger partial charge is 0.271 e. The average Bonchev–Trinajstić information content (AvgIpc) is 2.90. The Balaban J connectivity index is 1.99. The topological polar surface area (TPSA) is 67.2 Å². The molecule has 5 nitrogen and oxygen atoms in total. The fraction of sp³-hybridized carbons (Fsp3) is 0.474. The first kappa shape index (κ1) is 19.1. The molecule has 2 aromatic rings. The molecule has 2 atom stereocenters. The van der Waals surface area contributed by atoms with Crippen molar-refractivity contribution in [3.63, 3.8) is 0 Å². The Morgan fingerprint density at radius 2 is 1.92 bits per heavy atom. The van der Waals surface area contributed by atoms with Crippen molar-refractivity contribution in [3.8, 4) is 0 Å². The quantitative estimate of drug-likeness (QED) is 0.872. The number of nitrogens with zero attached hydrogens (tertiary/aromatic N) is 2. The van der Waals surface area contributed by atoms with Crippen LogP contribution in [0.2, 0.25) is 0 Å². The van der Waals surface area contributed by atoms with Gasteiger partial charge in [-0.3, -0.25) is 9.48 Å². The summed E-state index contributed by atoms with van der Waals surface area (Å²) in [6.45, 7) is 9.80. The summed E-state index contributed by atoms with van der Waals surface area (Å²) in [5.41, 5.74) is 1.69. The van der Waals surface area contributed by atoms with Crippen molar-refractivity contribution in [1.82, 2.24) is 15.1 Å². The maximum atomic E-state index is 12.9. The number of benzene rings is 1. The number of carbonyl (C=O) groups is 1. The van der Waals surface area contributed by atoms with Gasteiger partial charge in [0.05, 0.1) is 11.6 Å². The van der Waals surface area contributed by atoms with E-state index in [4.69, 9.17) is 0 Å². The molecule has 1 aromatic carbocycles. The monoisotopic (exact) mass is 347 g/mol. The molecule has 2 rings (SSSR count). The van der Waals surface area contributed by atoms with E-state index < -0.39 is 6.10 Å². The van der Waals surface area contributed by atoms with Gasteiger partial charge in [-0.2, -0.15) is 5.10 Å². The van der Waals surface area contributed by atoms with E-state index in [1.165, 1.54) is 12.1 Å². The molecule has 136 valence electrons. The minimum Gasteiger partial charge on any atom is -0.388 e. The highest BCUT2D eigenvalue weighted by atomic mass is 19.1. The summed E-state index contributed by atoms with van der Waals surface area (Å²) in [6, 6.07) is 7.20. The minimum atomic E-state index is -0.773. The van der Waals surface area contributed by atoms with Crippen molar-refractivity contribution in [2.75, 3.05) is 0 Å². The second kappa shape index (κ2) is 7.35. The molecule has 0 spiro atoms. The van der Waals surface area contributed by atoms with Gasteiger partial charge in [0.2, 0.25) is 0 Å². The molecule has 6 heteroatoms. The molecular weight excluding hydrogens is 321 g/mol. The van der Waals surface area contributed by atoms with E-state index in [0.29, 0.717) is 17.7 Å². The molecule has 0 radical (unpaired) electrons. The number of aromatic nitrogens is 2. The summed E-state index contributed by atoms with van der Waals surface area (Å²) in [5.74, 6) is -0.619. The molecule has 1 amide bonds. The third kappa shape index (κ3) is 4.89. The average molecular weight is 347 g/mol. The van der Waals surface area contributed by atoms with Gasteiger partial charge in [0.15, 0.2) is 0 Å². The molecular formula is C19H26FN3O2. The van der Waals surface area contributed by atoms with E-state index in [9.17, 15) is 14.3 Å². The number of rotatable bonds is 5. The first-order valence-electron chi connectivity index (χ1n) is 8.39. The van der Waals surface area contributed by atoms with Gasteiger partial charge in [0, 0.05) is 11.7 Å². The number of aryl methyl sites for hydroxylation is 1. The van der Waals surface area contributed by atoms with Crippen molar-refractivity contribution in [2.24, 2.45) is 0 Å². The normalized spacial score (nSPS) is 14.2. The number of halogens is 1. The number of carbonyl (C=O) groups excluding carboxylic acids is 1. The summed E-state index contributed by atoms with van der Waals surface area (Å²) in [7, 11) is 0. The Kier molecular flexibility index (Phi) is 5.62. The van der Waals surface area contributed by atoms with Gasteiger partial charge in [0.1, 0.15) is 11.5 Å². The highest BCUT2D eigenvalue weighted by molar-refractivity contribution is 5.92. The maximum absolute atomic E-state index is 12.9. The van der Waals surface area contributed by atoms with E-state index in [-0.39, 0.29) is 23.3 Å². The van der Waals surface area contributed by atoms with Gasteiger partial charge < -0.3 is 10.4 Å². The van der Waals surface area contributed by atoms with Gasteiger partial charge in [0.25, 0.3) is 5.91 Å². The Morgan fingerprint density at radius 1 is 1.32 bits per heavy atom. The second-order valence-corrected chi connectivity index (χ2v) is 7.43. The van der Waals surface area contributed by atoms with Crippen LogP contribution in [0.3, 0.4) is 0 Å². The van der Waals surface area contributed by atoms with Crippen molar-refractivity contribution < 1.29 is 14.3 Å². The minimum absolute atomic E-state index is 0.201. The predicted molar refractivity (Wildman–Crippen MR) is 94.9 cm³/mol. The van der Waals surface area contributed by atoms with Gasteiger partial charge in [-0.25, -0.2) is 4.39 Å². The SMILES string of the molecule is Cc1cc(C(=O)NC(C)CC(O)c2ccc(F)cc2)nn1C(C)(C)C. The first-order chi connectivity index (χ1) is 11.6. The standard InChI is InChI=1S/C19H26FN3O2/c1-12(10-17(24)14-6-8-15(20)9-7-14)21-18(25)16-11-13(2)23(22-16)19(3,4)5/h6-9,11-12,17,24H,10H2,1-5H3,(H,21,25). The molecule has 0 fully saturated rings. The van der Waals surface area contributed by atoms with Crippen LogP contribution in [0.15, 0.2) is 30.3 Å². The molecule has 0 aliphatic carbocycles. The van der Waals surface area contributed by atoms with Gasteiger partial charge in [-0.1, -0.05) is 12.1 Å². The number of aliphatic hydroxyl groups is 1. The largest absolute Gasteiger partial charge is 0.388 e. The van der Waals surface area contributed by atoms with Crippen molar-refractivity contribution in [2.45, 2.75) is 58.7 Å². The molecule has 0 aliphatic heterocycles. The molecule has 2 unspecified atom stereocenters. The zero-order valence-corrected chi connectivity index (χ0v) is 15.4. The lowest BCUT2D eigenvalue weighted by atomic mass is 10.0. The zero-order chi connectivity index (χ0) is 18.8. The van der Waals surface area contributed by atoms with Crippen LogP contribution in [0.25, 0.3) is 0 Å². The Labute approximate surface area is 147 Å². The Morgan fingerprint density at radius 3 is 2.44 bits per heavy atom. The van der Waals surface area contributed by atoms with E-state index in [2.05, 4.69) is 10.4 Å². The number of aliphatic hydroxyl groups excluding tert-OH is 1. The molecule has 0 saturated carbocycles. The third-order valence-electron chi connectivity index (χ3n) is 3.96. The molecule has 1 aromatic heterocycles. The van der Waals surface area contributed by atoms with Gasteiger partial charge in [-0.05, 0) is 64.8 Å². The summed E-state index contributed by atoms with van der Waals surface area (Å²) in [5, 5.41) is 17.5. The number of hydrogen-bond donors (Lipinski definition) is 2. The van der Waals surface area contributed by atoms with Gasteiger partial charge in [-0.15, -0.1) is 0 Å². The molecule has 25 heavy (non-hydrogen) atoms. The van der Waals surface area contributed by atoms with Gasteiger partial charge >= 0.3 is 0 Å². The van der Waals surface area contributed by atoms with Crippen LogP contribution < -0.4 is 5.32 Å². The highest BCUT2D eigenvalue weighted by Crippen LogP contribution is 2.19. The molecule has 0 bridgehead atoms. The summed E-state index contributed by atoms with van der Waals surface area (Å²) >= 11 is 0. The Hall–Kier alpha value is -2.21. The van der Waals surface area contributed by atoms with Crippen LogP contribution in [0, 0.1) is 12.7 Å². The van der Waals surface area contributed by atoms with Crippen molar-refractivity contribution in [3.05, 3.63) is 53.1 Å². The summed E-state index contributed by atoms with van der Waals surface area (Å²) in [4.78, 5) is 12.4. The summed E-state index contributed by atoms with van der Waals surface area (Å²) < 4.78 is 14.8. The highest BCUT2D eigenvalue weighted by Gasteiger charge is 2.21. The number of nitrogens with one attached hydrogen (secondary N) is 1. The molecule has 2 N–H and O–H groups in total. The molecule has 0 saturated heterocycles. The third-order valence-corrected chi connectivity index (χ3v) is 3.96. The Bertz CT molecular complexity index is 732. The van der Waals surface area contributed by atoms with E-state index in [0.717, 1.165) is 5.69 Å². The van der Waals surface area contributed by atoms with E-state index in [1.807, 2.05) is 39.3 Å². The lowest BCUT2D eigenvalue weighted by Gasteiger charge is -2.21. The molecule has 1 heterocycles. The lowest BCUT2D eigenvalue weighted by Crippen LogP contribution is -2.34. The van der Waals surface area contributed by atoms with Crippen molar-refractivity contribution >= 4 is 5.91 Å². The maximum Gasteiger partial charge on any atom is 0.271 e. The first-order valence-corrected chi connectivity index (χ1v) is 8.39. The van der Waals surface area contributed by atoms with E-state index >= 15 is 0 Å². The summed E-state index contributed by atoms with van der Waals surface area (Å²) in [6.07, 6.45) is -0.444. The predicted octanol–water partition coefficient (Wildman–Crippen LogP) is 3.33. The van der Waals surface area contributed by atoms with Crippen LogP contribution in [0.5, 0.6) is 0 Å². The van der Waals surface area contributed by atoms with E-state index in [1.54, 1.807) is 18.2 Å². The fourth-order valence-electron chi connectivity index (χ4n) is 2.78. The van der Waals surface area contributed by atoms with Crippen molar-refractivity contribution in [1.29, 1.82) is 0 Å². The zero-order valence-electron chi connectivity index (χ0n) is 15.4. The van der Waals surface area contributed by atoms with Crippen LogP contribution >= 0.6 is 0 Å². The lowest BCUT2D eigenvalue weighted by molar-refractivity contribution is 0.0910. The number of hydrogen-bond acceptors (Lipinski definition) is 3. The van der Waals surface area contributed by atoms with Crippen LogP contribution in [-0.2, 0) is 5.54 Å². The number of amides is 1. The molecule has 0 aliphatic rings. The van der Waals surface area contributed by atoms with Crippen LogP contribution in [-0.4, -0.2) is 26.8 Å². The van der Waals surface area contributed by atoms with Crippen LogP contribution in [0.1, 0.15) is 62.0 Å². The second-order valence-electron chi connectivity index (χ2n) is 7.43. The van der Waals surface area contributed by atoms with Crippen LogP contribution in [0.4, 0.5) is 4.39 Å². The fourth-order valence-corrected chi connectivity index (χ4v) is 2.78.